The number of hydrogen-bond acceptors (Lipinski definition) is 4. The van der Waals surface area contributed by atoms with Gasteiger partial charge in [-0.2, -0.15) is 0 Å². The molecule has 0 aliphatic carbocycles. The predicted molar refractivity (Wildman–Crippen MR) is 72.5 cm³/mol. The molecular formula is C12H19N3O2S. The summed E-state index contributed by atoms with van der Waals surface area (Å²) in [5.74, 6) is -0.363. The first-order valence-corrected chi connectivity index (χ1v) is 6.66. The van der Waals surface area contributed by atoms with Crippen molar-refractivity contribution in [3.8, 4) is 0 Å². The lowest BCUT2D eigenvalue weighted by Crippen LogP contribution is -2.49. The van der Waals surface area contributed by atoms with Crippen molar-refractivity contribution in [2.24, 2.45) is 5.73 Å². The highest BCUT2D eigenvalue weighted by molar-refractivity contribution is 7.12. The molecule has 0 fully saturated rings. The van der Waals surface area contributed by atoms with Gasteiger partial charge < -0.3 is 16.0 Å². The fourth-order valence-electron chi connectivity index (χ4n) is 1.42. The van der Waals surface area contributed by atoms with Gasteiger partial charge in [-0.15, -0.1) is 11.3 Å². The van der Waals surface area contributed by atoms with Crippen molar-refractivity contribution in [2.75, 3.05) is 13.6 Å². The number of likely N-dealkylation sites (N-methyl/N-ethyl adjacent to an activating group) is 1. The quantitative estimate of drug-likeness (QED) is 0.825. The van der Waals surface area contributed by atoms with Gasteiger partial charge in [0.15, 0.2) is 0 Å². The number of amides is 2. The lowest BCUT2D eigenvalue weighted by Gasteiger charge is -2.26. The van der Waals surface area contributed by atoms with Gasteiger partial charge in [-0.3, -0.25) is 9.59 Å². The van der Waals surface area contributed by atoms with Crippen molar-refractivity contribution in [1.29, 1.82) is 0 Å². The first kappa shape index (κ1) is 14.7. The van der Waals surface area contributed by atoms with E-state index in [-0.39, 0.29) is 17.9 Å². The number of nitrogens with zero attached hydrogens (tertiary/aromatic N) is 1. The Morgan fingerprint density at radius 2 is 2.17 bits per heavy atom. The molecule has 1 rings (SSSR count). The Morgan fingerprint density at radius 3 is 2.67 bits per heavy atom. The molecule has 2 unspecified atom stereocenters. The van der Waals surface area contributed by atoms with Crippen molar-refractivity contribution < 1.29 is 9.59 Å². The Hall–Kier alpha value is -1.40. The van der Waals surface area contributed by atoms with Crippen LogP contribution in [0.1, 0.15) is 23.5 Å². The SMILES string of the molecule is CC(NC(=O)c1cccs1)C(=O)N(C)C(C)CN. The van der Waals surface area contributed by atoms with Crippen LogP contribution in [0.5, 0.6) is 0 Å². The molecule has 1 heterocycles. The van der Waals surface area contributed by atoms with Gasteiger partial charge in [0.25, 0.3) is 5.91 Å². The van der Waals surface area contributed by atoms with E-state index in [1.165, 1.54) is 11.3 Å². The number of carbonyl (C=O) groups is 2. The van der Waals surface area contributed by atoms with Crippen LogP contribution in [0.25, 0.3) is 0 Å². The van der Waals surface area contributed by atoms with Gasteiger partial charge in [-0.05, 0) is 25.3 Å². The van der Waals surface area contributed by atoms with Crippen LogP contribution in [0.15, 0.2) is 17.5 Å². The molecule has 6 heteroatoms. The van der Waals surface area contributed by atoms with Gasteiger partial charge in [0.2, 0.25) is 5.91 Å². The smallest absolute Gasteiger partial charge is 0.261 e. The van der Waals surface area contributed by atoms with Crippen molar-refractivity contribution in [2.45, 2.75) is 25.9 Å². The van der Waals surface area contributed by atoms with Gasteiger partial charge in [-0.25, -0.2) is 0 Å². The third kappa shape index (κ3) is 3.54. The van der Waals surface area contributed by atoms with Crippen LogP contribution in [0, 0.1) is 0 Å². The number of nitrogens with one attached hydrogen (secondary N) is 1. The normalized spacial score (nSPS) is 13.8. The van der Waals surface area contributed by atoms with Crippen LogP contribution in [0.2, 0.25) is 0 Å². The van der Waals surface area contributed by atoms with Crippen LogP contribution < -0.4 is 11.1 Å². The van der Waals surface area contributed by atoms with Crippen molar-refractivity contribution in [3.63, 3.8) is 0 Å². The van der Waals surface area contributed by atoms with E-state index in [0.717, 1.165) is 0 Å². The largest absolute Gasteiger partial charge is 0.340 e. The van der Waals surface area contributed by atoms with Crippen LogP contribution in [0.3, 0.4) is 0 Å². The van der Waals surface area contributed by atoms with E-state index in [1.807, 2.05) is 12.3 Å². The second-order valence-corrected chi connectivity index (χ2v) is 5.15. The number of nitrogens with two attached hydrogens (primary N) is 1. The molecule has 18 heavy (non-hydrogen) atoms. The molecule has 3 N–H and O–H groups in total. The van der Waals surface area contributed by atoms with Gasteiger partial charge in [0.1, 0.15) is 6.04 Å². The molecule has 0 saturated carbocycles. The second-order valence-electron chi connectivity index (χ2n) is 4.21. The molecular weight excluding hydrogens is 250 g/mol. The molecule has 0 saturated heterocycles. The average molecular weight is 269 g/mol. The maximum atomic E-state index is 12.0. The zero-order valence-corrected chi connectivity index (χ0v) is 11.7. The minimum absolute atomic E-state index is 0.0430. The number of carbonyl (C=O) groups excluding carboxylic acids is 2. The first-order valence-electron chi connectivity index (χ1n) is 5.78. The summed E-state index contributed by atoms with van der Waals surface area (Å²) in [7, 11) is 1.69. The van der Waals surface area contributed by atoms with E-state index in [0.29, 0.717) is 11.4 Å². The van der Waals surface area contributed by atoms with E-state index in [1.54, 1.807) is 31.0 Å². The summed E-state index contributed by atoms with van der Waals surface area (Å²) >= 11 is 1.35. The molecule has 0 aliphatic rings. The molecule has 2 amide bonds. The summed E-state index contributed by atoms with van der Waals surface area (Å²) in [5.41, 5.74) is 5.51. The predicted octanol–water partition coefficient (Wildman–Crippen LogP) is 0.672. The molecule has 2 atom stereocenters. The maximum Gasteiger partial charge on any atom is 0.261 e. The van der Waals surface area contributed by atoms with E-state index in [9.17, 15) is 9.59 Å². The summed E-state index contributed by atoms with van der Waals surface area (Å²) < 4.78 is 0. The number of hydrogen-bond donors (Lipinski definition) is 2. The highest BCUT2D eigenvalue weighted by Crippen LogP contribution is 2.08. The Labute approximate surface area is 111 Å². The van der Waals surface area contributed by atoms with Gasteiger partial charge >= 0.3 is 0 Å². The third-order valence-electron chi connectivity index (χ3n) is 2.81. The minimum Gasteiger partial charge on any atom is -0.340 e. The molecule has 100 valence electrons. The average Bonchev–Trinajstić information content (AvgIpc) is 2.89. The molecule has 1 aromatic rings. The Bertz CT molecular complexity index is 405. The molecule has 0 radical (unpaired) electrons. The molecule has 0 spiro atoms. The highest BCUT2D eigenvalue weighted by Gasteiger charge is 2.22. The lowest BCUT2D eigenvalue weighted by molar-refractivity contribution is -0.133. The first-order chi connectivity index (χ1) is 8.47. The Morgan fingerprint density at radius 1 is 1.50 bits per heavy atom. The van der Waals surface area contributed by atoms with E-state index < -0.39 is 6.04 Å². The van der Waals surface area contributed by atoms with Crippen molar-refractivity contribution in [3.05, 3.63) is 22.4 Å². The van der Waals surface area contributed by atoms with Crippen LogP contribution in [-0.4, -0.2) is 42.4 Å². The summed E-state index contributed by atoms with van der Waals surface area (Å²) in [5, 5.41) is 4.50. The fourth-order valence-corrected chi connectivity index (χ4v) is 2.04. The summed E-state index contributed by atoms with van der Waals surface area (Å²) in [6.45, 7) is 3.94. The molecule has 0 aromatic carbocycles. The Balaban J connectivity index is 2.57. The zero-order valence-electron chi connectivity index (χ0n) is 10.8. The van der Waals surface area contributed by atoms with Gasteiger partial charge in [-0.1, -0.05) is 6.07 Å². The third-order valence-corrected chi connectivity index (χ3v) is 3.68. The summed E-state index contributed by atoms with van der Waals surface area (Å²) in [6, 6.07) is 2.93. The van der Waals surface area contributed by atoms with E-state index >= 15 is 0 Å². The van der Waals surface area contributed by atoms with Crippen LogP contribution in [0.4, 0.5) is 0 Å². The molecule has 5 nitrogen and oxygen atoms in total. The van der Waals surface area contributed by atoms with Crippen LogP contribution in [-0.2, 0) is 4.79 Å². The van der Waals surface area contributed by atoms with Gasteiger partial charge in [0.05, 0.1) is 4.88 Å². The number of rotatable bonds is 5. The molecule has 1 aromatic heterocycles. The monoisotopic (exact) mass is 269 g/mol. The standard InChI is InChI=1S/C12H19N3O2S/c1-8(7-13)15(3)12(17)9(2)14-11(16)10-5-4-6-18-10/h4-6,8-9H,7,13H2,1-3H3,(H,14,16). The topological polar surface area (TPSA) is 75.4 Å². The second kappa shape index (κ2) is 6.51. The summed E-state index contributed by atoms with van der Waals surface area (Å²) in [4.78, 5) is 26.0. The minimum atomic E-state index is -0.557. The van der Waals surface area contributed by atoms with E-state index in [4.69, 9.17) is 5.73 Å². The molecule has 0 aliphatic heterocycles. The number of thiophene rings is 1. The lowest BCUT2D eigenvalue weighted by atomic mass is 10.2. The highest BCUT2D eigenvalue weighted by atomic mass is 32.1. The molecule has 0 bridgehead atoms. The van der Waals surface area contributed by atoms with Gasteiger partial charge in [0, 0.05) is 19.6 Å². The van der Waals surface area contributed by atoms with Crippen LogP contribution >= 0.6 is 11.3 Å². The van der Waals surface area contributed by atoms with Crippen molar-refractivity contribution >= 4 is 23.2 Å². The van der Waals surface area contributed by atoms with E-state index in [2.05, 4.69) is 5.32 Å². The Kier molecular flexibility index (Phi) is 5.30. The zero-order chi connectivity index (χ0) is 13.7. The van der Waals surface area contributed by atoms with Crippen molar-refractivity contribution in [1.82, 2.24) is 10.2 Å². The maximum absolute atomic E-state index is 12.0. The summed E-state index contributed by atoms with van der Waals surface area (Å²) in [6.07, 6.45) is 0. The fraction of sp³-hybridized carbons (Fsp3) is 0.500.